The fourth-order valence-electron chi connectivity index (χ4n) is 1.22. The number of ether oxygens (including phenoxy) is 1. The highest BCUT2D eigenvalue weighted by atomic mass is 31.0. The summed E-state index contributed by atoms with van der Waals surface area (Å²) in [6.07, 6.45) is 1.74. The molecular formula is C12H12NOP. The Morgan fingerprint density at radius 3 is 2.53 bits per heavy atom. The average molecular weight is 217 g/mol. The Morgan fingerprint density at radius 1 is 1.13 bits per heavy atom. The summed E-state index contributed by atoms with van der Waals surface area (Å²) in [6.45, 7) is 2.01. The summed E-state index contributed by atoms with van der Waals surface area (Å²) in [5.41, 5.74) is 1.14. The van der Waals surface area contributed by atoms with E-state index in [0.717, 1.165) is 16.6 Å². The molecule has 1 aromatic carbocycles. The maximum absolute atomic E-state index is 5.59. The van der Waals surface area contributed by atoms with Crippen molar-refractivity contribution in [3.05, 3.63) is 48.2 Å². The topological polar surface area (TPSA) is 22.1 Å². The van der Waals surface area contributed by atoms with Crippen LogP contribution in [0.15, 0.2) is 42.6 Å². The van der Waals surface area contributed by atoms with Gasteiger partial charge in [-0.2, -0.15) is 0 Å². The lowest BCUT2D eigenvalue weighted by molar-refractivity contribution is 0.462. The van der Waals surface area contributed by atoms with Crippen LogP contribution in [0.4, 0.5) is 0 Å². The van der Waals surface area contributed by atoms with Crippen molar-refractivity contribution in [1.29, 1.82) is 0 Å². The summed E-state index contributed by atoms with van der Waals surface area (Å²) in [6, 6.07) is 11.7. The zero-order valence-electron chi connectivity index (χ0n) is 8.47. The van der Waals surface area contributed by atoms with Crippen molar-refractivity contribution in [1.82, 2.24) is 4.98 Å². The van der Waals surface area contributed by atoms with Crippen molar-refractivity contribution in [2.75, 3.05) is 0 Å². The molecule has 0 saturated carbocycles. The molecule has 1 unspecified atom stereocenters. The van der Waals surface area contributed by atoms with Crippen LogP contribution in [0.1, 0.15) is 5.56 Å². The lowest BCUT2D eigenvalue weighted by atomic mass is 10.3. The van der Waals surface area contributed by atoms with Crippen molar-refractivity contribution in [3.8, 4) is 11.6 Å². The summed E-state index contributed by atoms with van der Waals surface area (Å²) in [7, 11) is 2.64. The molecule has 76 valence electrons. The molecule has 2 aromatic rings. The summed E-state index contributed by atoms with van der Waals surface area (Å²) in [4.78, 5) is 4.13. The van der Waals surface area contributed by atoms with Crippen LogP contribution in [0.2, 0.25) is 0 Å². The minimum absolute atomic E-state index is 0.631. The fourth-order valence-corrected chi connectivity index (χ4v) is 1.41. The molecule has 2 rings (SSSR count). The van der Waals surface area contributed by atoms with E-state index in [0.29, 0.717) is 5.88 Å². The number of hydrogen-bond donors (Lipinski definition) is 0. The zero-order chi connectivity index (χ0) is 10.7. The molecule has 0 aliphatic heterocycles. The van der Waals surface area contributed by atoms with Gasteiger partial charge in [0.25, 0.3) is 0 Å². The van der Waals surface area contributed by atoms with Gasteiger partial charge in [-0.05, 0) is 36.0 Å². The van der Waals surface area contributed by atoms with Gasteiger partial charge >= 0.3 is 0 Å². The van der Waals surface area contributed by atoms with Crippen molar-refractivity contribution in [3.63, 3.8) is 0 Å². The monoisotopic (exact) mass is 217 g/mol. The first-order valence-corrected chi connectivity index (χ1v) is 5.28. The van der Waals surface area contributed by atoms with Crippen LogP contribution in [0, 0.1) is 6.92 Å². The number of aryl methyl sites for hydroxylation is 1. The first kappa shape index (κ1) is 10.1. The molecule has 0 bridgehead atoms. The summed E-state index contributed by atoms with van der Waals surface area (Å²) in [5, 5.41) is 1.14. The summed E-state index contributed by atoms with van der Waals surface area (Å²) in [5.74, 6) is 1.44. The fraction of sp³-hybridized carbons (Fsp3) is 0.0833. The largest absolute Gasteiger partial charge is 0.439 e. The predicted molar refractivity (Wildman–Crippen MR) is 64.8 cm³/mol. The average Bonchev–Trinajstić information content (AvgIpc) is 2.22. The Balaban J connectivity index is 2.18. The maximum Gasteiger partial charge on any atom is 0.219 e. The van der Waals surface area contributed by atoms with Crippen molar-refractivity contribution in [2.45, 2.75) is 6.92 Å². The van der Waals surface area contributed by atoms with Crippen molar-refractivity contribution in [2.24, 2.45) is 0 Å². The van der Waals surface area contributed by atoms with Gasteiger partial charge in [-0.25, -0.2) is 4.98 Å². The van der Waals surface area contributed by atoms with E-state index < -0.39 is 0 Å². The molecule has 0 amide bonds. The van der Waals surface area contributed by atoms with Crippen LogP contribution < -0.4 is 10.0 Å². The molecule has 3 heteroatoms. The van der Waals surface area contributed by atoms with Gasteiger partial charge in [-0.15, -0.1) is 9.24 Å². The van der Waals surface area contributed by atoms with E-state index in [-0.39, 0.29) is 0 Å². The van der Waals surface area contributed by atoms with E-state index >= 15 is 0 Å². The van der Waals surface area contributed by atoms with Gasteiger partial charge in [0.05, 0.1) is 0 Å². The third kappa shape index (κ3) is 2.77. The van der Waals surface area contributed by atoms with Gasteiger partial charge in [-0.3, -0.25) is 0 Å². The highest BCUT2D eigenvalue weighted by molar-refractivity contribution is 7.27. The van der Waals surface area contributed by atoms with Gasteiger partial charge in [0.1, 0.15) is 5.75 Å². The van der Waals surface area contributed by atoms with Crippen LogP contribution >= 0.6 is 9.24 Å². The quantitative estimate of drug-likeness (QED) is 0.721. The Hall–Kier alpha value is -1.40. The third-order valence-corrected chi connectivity index (χ3v) is 2.38. The molecule has 1 aromatic heterocycles. The van der Waals surface area contributed by atoms with E-state index in [4.69, 9.17) is 4.74 Å². The molecule has 15 heavy (non-hydrogen) atoms. The van der Waals surface area contributed by atoms with Gasteiger partial charge in [0, 0.05) is 12.3 Å². The molecule has 1 atom stereocenters. The third-order valence-electron chi connectivity index (χ3n) is 1.99. The second-order valence-electron chi connectivity index (χ2n) is 3.34. The van der Waals surface area contributed by atoms with Crippen molar-refractivity contribution < 1.29 is 4.74 Å². The smallest absolute Gasteiger partial charge is 0.219 e. The van der Waals surface area contributed by atoms with Crippen LogP contribution in [0.3, 0.4) is 0 Å². The minimum atomic E-state index is 0.631. The second-order valence-corrected chi connectivity index (χ2v) is 4.01. The Labute approximate surface area is 91.5 Å². The molecule has 1 heterocycles. The van der Waals surface area contributed by atoms with E-state index in [1.807, 2.05) is 43.3 Å². The highest BCUT2D eigenvalue weighted by Crippen LogP contribution is 2.18. The van der Waals surface area contributed by atoms with E-state index in [2.05, 4.69) is 14.2 Å². The Kier molecular flexibility index (Phi) is 2.98. The second kappa shape index (κ2) is 4.41. The predicted octanol–water partition coefficient (Wildman–Crippen LogP) is 2.68. The first-order chi connectivity index (χ1) is 7.24. The lowest BCUT2D eigenvalue weighted by Crippen LogP contribution is -1.91. The van der Waals surface area contributed by atoms with Gasteiger partial charge in [0.2, 0.25) is 5.88 Å². The Morgan fingerprint density at radius 2 is 1.87 bits per heavy atom. The van der Waals surface area contributed by atoms with Crippen LogP contribution in [-0.2, 0) is 0 Å². The molecule has 0 spiro atoms. The molecule has 2 nitrogen and oxygen atoms in total. The number of nitrogens with zero attached hydrogens (tertiary/aromatic N) is 1. The minimum Gasteiger partial charge on any atom is -0.439 e. The molecule has 0 fully saturated rings. The first-order valence-electron chi connectivity index (χ1n) is 4.70. The Bertz CT molecular complexity index is 453. The molecule has 0 aliphatic carbocycles. The maximum atomic E-state index is 5.59. The zero-order valence-corrected chi connectivity index (χ0v) is 9.63. The molecular weight excluding hydrogens is 205 g/mol. The highest BCUT2D eigenvalue weighted by Gasteiger charge is 1.97. The van der Waals surface area contributed by atoms with Gasteiger partial charge in [0.15, 0.2) is 0 Å². The standard InChI is InChI=1S/C12H12NOP/c1-9-6-7-13-12(8-9)14-10-2-4-11(15)5-3-10/h2-8H,15H2,1H3. The molecule has 0 radical (unpaired) electrons. The van der Waals surface area contributed by atoms with Crippen molar-refractivity contribution >= 4 is 14.5 Å². The summed E-state index contributed by atoms with van der Waals surface area (Å²) < 4.78 is 5.59. The van der Waals surface area contributed by atoms with Gasteiger partial charge in [-0.1, -0.05) is 12.1 Å². The van der Waals surface area contributed by atoms with Crippen LogP contribution in [-0.4, -0.2) is 4.98 Å². The summed E-state index contributed by atoms with van der Waals surface area (Å²) >= 11 is 0. The SMILES string of the molecule is Cc1ccnc(Oc2ccc(P)cc2)c1. The molecule has 0 saturated heterocycles. The number of hydrogen-bond acceptors (Lipinski definition) is 2. The molecule has 0 N–H and O–H groups in total. The van der Waals surface area contributed by atoms with Gasteiger partial charge < -0.3 is 4.74 Å². The number of pyridine rings is 1. The number of aromatic nitrogens is 1. The normalized spacial score (nSPS) is 10.0. The van der Waals surface area contributed by atoms with E-state index in [9.17, 15) is 0 Å². The van der Waals surface area contributed by atoms with E-state index in [1.165, 1.54) is 0 Å². The lowest BCUT2D eigenvalue weighted by Gasteiger charge is -2.04. The number of rotatable bonds is 2. The molecule has 0 aliphatic rings. The van der Waals surface area contributed by atoms with E-state index in [1.54, 1.807) is 6.20 Å². The van der Waals surface area contributed by atoms with Crippen LogP contribution in [0.25, 0.3) is 0 Å². The van der Waals surface area contributed by atoms with Crippen LogP contribution in [0.5, 0.6) is 11.6 Å². The number of benzene rings is 1.